The molecule has 4 aromatic rings. The molecule has 5 rings (SSSR count). The van der Waals surface area contributed by atoms with Gasteiger partial charge in [-0.15, -0.1) is 0 Å². The van der Waals surface area contributed by atoms with E-state index in [1.165, 1.54) is 0 Å². The molecule has 0 spiro atoms. The number of nitrogens with one attached hydrogen (secondary N) is 1. The number of hydrogen-bond acceptors (Lipinski definition) is 8. The number of ether oxygens (including phenoxy) is 2. The molecule has 0 aliphatic carbocycles. The van der Waals surface area contributed by atoms with E-state index < -0.39 is 0 Å². The SMILES string of the molecule is CC(C)Sc1nc(N2CCOCC2)c2cnn(CCNC(=O)COc3ccc4ccccc4c3)c2n1. The van der Waals surface area contributed by atoms with Crippen LogP contribution in [-0.2, 0) is 16.1 Å². The Morgan fingerprint density at radius 2 is 1.94 bits per heavy atom. The first-order chi connectivity index (χ1) is 17.6. The summed E-state index contributed by atoms with van der Waals surface area (Å²) < 4.78 is 13.0. The smallest absolute Gasteiger partial charge is 0.258 e. The molecular weight excluding hydrogens is 476 g/mol. The van der Waals surface area contributed by atoms with Gasteiger partial charge in [-0.05, 0) is 22.9 Å². The van der Waals surface area contributed by atoms with Crippen LogP contribution < -0.4 is 15.0 Å². The Bertz CT molecular complexity index is 1350. The molecule has 1 amide bonds. The summed E-state index contributed by atoms with van der Waals surface area (Å²) >= 11 is 1.63. The summed E-state index contributed by atoms with van der Waals surface area (Å²) in [5, 5.41) is 11.7. The number of thioether (sulfide) groups is 1. The van der Waals surface area contributed by atoms with Gasteiger partial charge in [-0.25, -0.2) is 14.6 Å². The van der Waals surface area contributed by atoms with Crippen molar-refractivity contribution < 1.29 is 14.3 Å². The van der Waals surface area contributed by atoms with Crippen molar-refractivity contribution in [2.75, 3.05) is 44.4 Å². The van der Waals surface area contributed by atoms with Gasteiger partial charge >= 0.3 is 0 Å². The minimum absolute atomic E-state index is 0.0449. The molecule has 1 aliphatic rings. The summed E-state index contributed by atoms with van der Waals surface area (Å²) in [5.74, 6) is 1.38. The van der Waals surface area contributed by atoms with Crippen LogP contribution in [0.3, 0.4) is 0 Å². The molecule has 1 fully saturated rings. The molecule has 0 radical (unpaired) electrons. The lowest BCUT2D eigenvalue weighted by Crippen LogP contribution is -2.37. The lowest BCUT2D eigenvalue weighted by Gasteiger charge is -2.28. The first-order valence-electron chi connectivity index (χ1n) is 12.2. The molecule has 1 saturated heterocycles. The largest absolute Gasteiger partial charge is 0.484 e. The average Bonchev–Trinajstić information content (AvgIpc) is 3.30. The molecule has 10 heteroatoms. The van der Waals surface area contributed by atoms with Crippen molar-refractivity contribution >= 4 is 45.3 Å². The number of amides is 1. The summed E-state index contributed by atoms with van der Waals surface area (Å²) in [7, 11) is 0. The maximum absolute atomic E-state index is 12.4. The highest BCUT2D eigenvalue weighted by Crippen LogP contribution is 2.29. The number of hydrogen-bond donors (Lipinski definition) is 1. The molecule has 1 aliphatic heterocycles. The number of nitrogens with zero attached hydrogens (tertiary/aromatic N) is 5. The van der Waals surface area contributed by atoms with Crippen molar-refractivity contribution in [3.63, 3.8) is 0 Å². The number of anilines is 1. The Labute approximate surface area is 214 Å². The van der Waals surface area contributed by atoms with Crippen molar-refractivity contribution in [3.8, 4) is 5.75 Å². The second kappa shape index (κ2) is 11.1. The summed E-state index contributed by atoms with van der Waals surface area (Å²) in [6.07, 6.45) is 1.81. The fourth-order valence-electron chi connectivity index (χ4n) is 4.12. The maximum Gasteiger partial charge on any atom is 0.258 e. The third kappa shape index (κ3) is 5.71. The van der Waals surface area contributed by atoms with E-state index in [1.807, 2.05) is 53.3 Å². The van der Waals surface area contributed by atoms with E-state index in [9.17, 15) is 4.79 Å². The molecule has 2 aromatic carbocycles. The van der Waals surface area contributed by atoms with Crippen molar-refractivity contribution in [2.24, 2.45) is 0 Å². The van der Waals surface area contributed by atoms with Crippen LogP contribution in [0.1, 0.15) is 13.8 Å². The first kappa shape index (κ1) is 24.3. The van der Waals surface area contributed by atoms with Crippen molar-refractivity contribution in [2.45, 2.75) is 30.8 Å². The van der Waals surface area contributed by atoms with Crippen molar-refractivity contribution in [1.82, 2.24) is 25.1 Å². The Morgan fingerprint density at radius 3 is 2.75 bits per heavy atom. The van der Waals surface area contributed by atoms with Crippen LogP contribution in [0, 0.1) is 0 Å². The second-order valence-electron chi connectivity index (χ2n) is 8.85. The Balaban J connectivity index is 1.22. The average molecular weight is 507 g/mol. The molecule has 188 valence electrons. The molecule has 0 atom stereocenters. The number of fused-ring (bicyclic) bond motifs is 2. The number of carbonyl (C=O) groups is 1. The van der Waals surface area contributed by atoms with Crippen molar-refractivity contribution in [1.29, 1.82) is 0 Å². The van der Waals surface area contributed by atoms with Gasteiger partial charge in [-0.1, -0.05) is 55.9 Å². The molecule has 1 N–H and O–H groups in total. The van der Waals surface area contributed by atoms with E-state index in [-0.39, 0.29) is 12.5 Å². The Morgan fingerprint density at radius 1 is 1.14 bits per heavy atom. The quantitative estimate of drug-likeness (QED) is 0.272. The van der Waals surface area contributed by atoms with Crippen LogP contribution in [0.25, 0.3) is 21.8 Å². The van der Waals surface area contributed by atoms with E-state index in [4.69, 9.17) is 19.4 Å². The lowest BCUT2D eigenvalue weighted by molar-refractivity contribution is -0.123. The standard InChI is InChI=1S/C26H30N6O3S/c1-18(2)36-26-29-24(31-11-13-34-14-12-31)22-16-28-32(25(22)30-26)10-9-27-23(33)17-35-21-8-7-19-5-3-4-6-20(19)15-21/h3-8,15-16,18H,9-14,17H2,1-2H3,(H,27,33). The van der Waals surface area contributed by atoms with Crippen LogP contribution in [0.15, 0.2) is 53.8 Å². The molecule has 0 bridgehead atoms. The van der Waals surface area contributed by atoms with Gasteiger partial charge in [-0.2, -0.15) is 5.10 Å². The maximum atomic E-state index is 12.4. The normalized spacial score (nSPS) is 14.0. The minimum Gasteiger partial charge on any atom is -0.484 e. The topological polar surface area (TPSA) is 94.4 Å². The zero-order chi connectivity index (χ0) is 24.9. The van der Waals surface area contributed by atoms with Gasteiger partial charge in [0.2, 0.25) is 0 Å². The fraction of sp³-hybridized carbons (Fsp3) is 0.385. The van der Waals surface area contributed by atoms with Crippen LogP contribution in [-0.4, -0.2) is 70.4 Å². The van der Waals surface area contributed by atoms with Gasteiger partial charge in [0.05, 0.1) is 31.3 Å². The molecule has 36 heavy (non-hydrogen) atoms. The molecule has 0 saturated carbocycles. The lowest BCUT2D eigenvalue weighted by atomic mass is 10.1. The van der Waals surface area contributed by atoms with Gasteiger partial charge in [-0.3, -0.25) is 4.79 Å². The fourth-order valence-corrected chi connectivity index (χ4v) is 4.82. The molecule has 2 aromatic heterocycles. The van der Waals surface area contributed by atoms with Gasteiger partial charge < -0.3 is 19.7 Å². The number of rotatable bonds is 9. The Hall–Kier alpha value is -3.37. The zero-order valence-electron chi connectivity index (χ0n) is 20.5. The van der Waals surface area contributed by atoms with Gasteiger partial charge in [0.1, 0.15) is 11.6 Å². The second-order valence-corrected chi connectivity index (χ2v) is 10.4. The summed E-state index contributed by atoms with van der Waals surface area (Å²) in [4.78, 5) is 24.3. The highest BCUT2D eigenvalue weighted by molar-refractivity contribution is 7.99. The van der Waals surface area contributed by atoms with E-state index in [0.717, 1.165) is 45.9 Å². The summed E-state index contributed by atoms with van der Waals surface area (Å²) in [5.41, 5.74) is 0.774. The van der Waals surface area contributed by atoms with Crippen molar-refractivity contribution in [3.05, 3.63) is 48.7 Å². The monoisotopic (exact) mass is 506 g/mol. The predicted octanol–water partition coefficient (Wildman–Crippen LogP) is 3.51. The highest BCUT2D eigenvalue weighted by atomic mass is 32.2. The van der Waals surface area contributed by atoms with Gasteiger partial charge in [0.15, 0.2) is 17.4 Å². The summed E-state index contributed by atoms with van der Waals surface area (Å²) in [6.45, 7) is 8.05. The minimum atomic E-state index is -0.181. The number of benzene rings is 2. The third-order valence-electron chi connectivity index (χ3n) is 5.84. The van der Waals surface area contributed by atoms with Crippen LogP contribution >= 0.6 is 11.8 Å². The van der Waals surface area contributed by atoms with E-state index in [2.05, 4.69) is 29.2 Å². The predicted molar refractivity (Wildman–Crippen MR) is 142 cm³/mol. The van der Waals surface area contributed by atoms with Gasteiger partial charge in [0.25, 0.3) is 5.91 Å². The van der Waals surface area contributed by atoms with Crippen LogP contribution in [0.4, 0.5) is 5.82 Å². The number of morpholine rings is 1. The molecule has 9 nitrogen and oxygen atoms in total. The van der Waals surface area contributed by atoms with Gasteiger partial charge in [0, 0.05) is 24.9 Å². The zero-order valence-corrected chi connectivity index (χ0v) is 21.3. The van der Waals surface area contributed by atoms with Crippen LogP contribution in [0.2, 0.25) is 0 Å². The molecular formula is C26H30N6O3S. The highest BCUT2D eigenvalue weighted by Gasteiger charge is 2.20. The first-order valence-corrected chi connectivity index (χ1v) is 13.1. The number of aromatic nitrogens is 4. The number of carbonyl (C=O) groups excluding carboxylic acids is 1. The molecule has 3 heterocycles. The third-order valence-corrected chi connectivity index (χ3v) is 6.71. The Kier molecular flexibility index (Phi) is 7.52. The van der Waals surface area contributed by atoms with E-state index >= 15 is 0 Å². The van der Waals surface area contributed by atoms with Crippen LogP contribution in [0.5, 0.6) is 5.75 Å². The summed E-state index contributed by atoms with van der Waals surface area (Å²) in [6, 6.07) is 13.9. The van der Waals surface area contributed by atoms with E-state index in [1.54, 1.807) is 11.8 Å². The molecule has 0 unspecified atom stereocenters. The van der Waals surface area contributed by atoms with E-state index in [0.29, 0.717) is 37.3 Å².